The molecule has 4 nitrogen and oxygen atoms in total. The summed E-state index contributed by atoms with van der Waals surface area (Å²) in [5.74, 6) is -0.830. The van der Waals surface area contributed by atoms with Crippen molar-refractivity contribution in [2.45, 2.75) is 19.9 Å². The van der Waals surface area contributed by atoms with Crippen LogP contribution in [0.25, 0.3) is 10.9 Å². The normalized spacial score (nSPS) is 12.9. The van der Waals surface area contributed by atoms with Crippen LogP contribution in [-0.4, -0.2) is 20.6 Å². The summed E-state index contributed by atoms with van der Waals surface area (Å²) in [4.78, 5) is 14.9. The van der Waals surface area contributed by atoms with E-state index in [0.29, 0.717) is 0 Å². The summed E-state index contributed by atoms with van der Waals surface area (Å²) in [7, 11) is 0. The van der Waals surface area contributed by atoms with E-state index in [4.69, 9.17) is 5.11 Å². The Labute approximate surface area is 87.2 Å². The molecule has 2 aromatic rings. The Morgan fingerprint density at radius 1 is 1.60 bits per heavy atom. The molecule has 4 heteroatoms. The van der Waals surface area contributed by atoms with Crippen LogP contribution < -0.4 is 0 Å². The maximum atomic E-state index is 10.9. The Bertz CT molecular complexity index is 516. The molecule has 0 radical (unpaired) electrons. The molecule has 0 aromatic carbocycles. The second kappa shape index (κ2) is 3.38. The zero-order chi connectivity index (χ0) is 11.0. The standard InChI is InChI=1S/C11H12N2O2/c1-7-6-13(8(2)11(14)15)10-3-4-12-5-9(7)10/h3-6,8H,1-2H3,(H,14,15). The van der Waals surface area contributed by atoms with Crippen molar-refractivity contribution in [2.75, 3.05) is 0 Å². The minimum Gasteiger partial charge on any atom is -0.480 e. The summed E-state index contributed by atoms with van der Waals surface area (Å²) in [6.45, 7) is 3.62. The van der Waals surface area contributed by atoms with E-state index in [1.165, 1.54) is 0 Å². The smallest absolute Gasteiger partial charge is 0.326 e. The number of carbonyl (C=O) groups is 1. The Kier molecular flexibility index (Phi) is 2.19. The first-order chi connectivity index (χ1) is 7.11. The fourth-order valence-corrected chi connectivity index (χ4v) is 1.70. The van der Waals surface area contributed by atoms with Crippen molar-refractivity contribution in [1.29, 1.82) is 0 Å². The molecule has 1 atom stereocenters. The van der Waals surface area contributed by atoms with Gasteiger partial charge in [-0.3, -0.25) is 4.98 Å². The molecule has 0 aliphatic heterocycles. The Hall–Kier alpha value is -1.84. The van der Waals surface area contributed by atoms with Crippen molar-refractivity contribution < 1.29 is 9.90 Å². The van der Waals surface area contributed by atoms with Crippen molar-refractivity contribution in [3.05, 3.63) is 30.2 Å². The van der Waals surface area contributed by atoms with Crippen LogP contribution in [0.5, 0.6) is 0 Å². The molecule has 0 spiro atoms. The fourth-order valence-electron chi connectivity index (χ4n) is 1.70. The summed E-state index contributed by atoms with van der Waals surface area (Å²) < 4.78 is 1.76. The first-order valence-corrected chi connectivity index (χ1v) is 4.75. The van der Waals surface area contributed by atoms with Crippen LogP contribution in [0.2, 0.25) is 0 Å². The number of aliphatic carboxylic acids is 1. The van der Waals surface area contributed by atoms with Gasteiger partial charge in [0.15, 0.2) is 0 Å². The monoisotopic (exact) mass is 204 g/mol. The fraction of sp³-hybridized carbons (Fsp3) is 0.273. The van der Waals surface area contributed by atoms with Gasteiger partial charge in [-0.05, 0) is 25.5 Å². The van der Waals surface area contributed by atoms with E-state index in [-0.39, 0.29) is 0 Å². The number of fused-ring (bicyclic) bond motifs is 1. The third-order valence-corrected chi connectivity index (χ3v) is 2.61. The second-order valence-corrected chi connectivity index (χ2v) is 3.63. The van der Waals surface area contributed by atoms with Gasteiger partial charge in [-0.15, -0.1) is 0 Å². The molecule has 2 rings (SSSR count). The summed E-state index contributed by atoms with van der Waals surface area (Å²) in [5.41, 5.74) is 1.96. The van der Waals surface area contributed by atoms with E-state index in [9.17, 15) is 4.79 Å². The quantitative estimate of drug-likeness (QED) is 0.813. The molecular weight excluding hydrogens is 192 g/mol. The number of carboxylic acid groups (broad SMARTS) is 1. The van der Waals surface area contributed by atoms with Crippen molar-refractivity contribution in [3.8, 4) is 0 Å². The number of hydrogen-bond acceptors (Lipinski definition) is 2. The van der Waals surface area contributed by atoms with Crippen LogP contribution in [-0.2, 0) is 4.79 Å². The topological polar surface area (TPSA) is 55.1 Å². The minimum atomic E-state index is -0.830. The molecule has 0 saturated heterocycles. The summed E-state index contributed by atoms with van der Waals surface area (Å²) in [6.07, 6.45) is 5.29. The molecule has 1 unspecified atom stereocenters. The molecule has 0 aliphatic rings. The van der Waals surface area contributed by atoms with Crippen LogP contribution in [0.1, 0.15) is 18.5 Å². The summed E-state index contributed by atoms with van der Waals surface area (Å²) in [6, 6.07) is 1.28. The lowest BCUT2D eigenvalue weighted by atomic mass is 10.2. The van der Waals surface area contributed by atoms with Crippen LogP contribution in [0.4, 0.5) is 0 Å². The SMILES string of the molecule is Cc1cn(C(C)C(=O)O)c2ccncc12. The van der Waals surface area contributed by atoms with Gasteiger partial charge in [0.1, 0.15) is 6.04 Å². The Balaban J connectivity index is 2.67. The van der Waals surface area contributed by atoms with Gasteiger partial charge in [0, 0.05) is 24.0 Å². The van der Waals surface area contributed by atoms with E-state index in [1.807, 2.05) is 19.2 Å². The largest absolute Gasteiger partial charge is 0.480 e. The van der Waals surface area contributed by atoms with Gasteiger partial charge in [0.2, 0.25) is 0 Å². The zero-order valence-electron chi connectivity index (χ0n) is 8.64. The van der Waals surface area contributed by atoms with Crippen LogP contribution in [0.15, 0.2) is 24.7 Å². The van der Waals surface area contributed by atoms with E-state index in [1.54, 1.807) is 23.9 Å². The van der Waals surface area contributed by atoms with Crippen LogP contribution in [0, 0.1) is 6.92 Å². The highest BCUT2D eigenvalue weighted by molar-refractivity contribution is 5.85. The number of carboxylic acids is 1. The number of aromatic nitrogens is 2. The molecule has 0 amide bonds. The zero-order valence-corrected chi connectivity index (χ0v) is 8.64. The van der Waals surface area contributed by atoms with Gasteiger partial charge < -0.3 is 9.67 Å². The van der Waals surface area contributed by atoms with Gasteiger partial charge in [-0.2, -0.15) is 0 Å². The van der Waals surface area contributed by atoms with E-state index in [2.05, 4.69) is 4.98 Å². The molecule has 0 saturated carbocycles. The first kappa shape index (κ1) is 9.71. The third-order valence-electron chi connectivity index (χ3n) is 2.61. The van der Waals surface area contributed by atoms with Crippen molar-refractivity contribution in [2.24, 2.45) is 0 Å². The van der Waals surface area contributed by atoms with Gasteiger partial charge in [0.05, 0.1) is 5.52 Å². The third kappa shape index (κ3) is 1.48. The maximum Gasteiger partial charge on any atom is 0.326 e. The van der Waals surface area contributed by atoms with Crippen molar-refractivity contribution in [3.63, 3.8) is 0 Å². The average molecular weight is 204 g/mol. The van der Waals surface area contributed by atoms with E-state index >= 15 is 0 Å². The van der Waals surface area contributed by atoms with Gasteiger partial charge in [-0.1, -0.05) is 0 Å². The predicted octanol–water partition coefficient (Wildman–Crippen LogP) is 1.99. The lowest BCUT2D eigenvalue weighted by Crippen LogP contribution is -2.14. The number of nitrogens with zero attached hydrogens (tertiary/aromatic N) is 2. The molecule has 0 aliphatic carbocycles. The van der Waals surface area contributed by atoms with Gasteiger partial charge in [0.25, 0.3) is 0 Å². The lowest BCUT2D eigenvalue weighted by molar-refractivity contribution is -0.140. The molecule has 78 valence electrons. The first-order valence-electron chi connectivity index (χ1n) is 4.75. The highest BCUT2D eigenvalue weighted by atomic mass is 16.4. The summed E-state index contributed by atoms with van der Waals surface area (Å²) in [5, 5.41) is 9.97. The molecule has 1 N–H and O–H groups in total. The summed E-state index contributed by atoms with van der Waals surface area (Å²) >= 11 is 0. The molecule has 0 fully saturated rings. The number of aryl methyl sites for hydroxylation is 1. The highest BCUT2D eigenvalue weighted by Crippen LogP contribution is 2.23. The second-order valence-electron chi connectivity index (χ2n) is 3.63. The van der Waals surface area contributed by atoms with Gasteiger partial charge in [-0.25, -0.2) is 4.79 Å². The Morgan fingerprint density at radius 2 is 2.33 bits per heavy atom. The minimum absolute atomic E-state index is 0.552. The molecule has 2 aromatic heterocycles. The molecule has 0 bridgehead atoms. The van der Waals surface area contributed by atoms with E-state index in [0.717, 1.165) is 16.5 Å². The van der Waals surface area contributed by atoms with Crippen LogP contribution >= 0.6 is 0 Å². The Morgan fingerprint density at radius 3 is 3.00 bits per heavy atom. The predicted molar refractivity (Wildman–Crippen MR) is 56.8 cm³/mol. The van der Waals surface area contributed by atoms with E-state index < -0.39 is 12.0 Å². The van der Waals surface area contributed by atoms with Crippen molar-refractivity contribution in [1.82, 2.24) is 9.55 Å². The lowest BCUT2D eigenvalue weighted by Gasteiger charge is -2.09. The molecule has 2 heterocycles. The number of hydrogen-bond donors (Lipinski definition) is 1. The van der Waals surface area contributed by atoms with Crippen molar-refractivity contribution >= 4 is 16.9 Å². The van der Waals surface area contributed by atoms with Gasteiger partial charge >= 0.3 is 5.97 Å². The number of rotatable bonds is 2. The molecule has 15 heavy (non-hydrogen) atoms. The van der Waals surface area contributed by atoms with Crippen LogP contribution in [0.3, 0.4) is 0 Å². The number of pyridine rings is 1. The molecular formula is C11H12N2O2. The highest BCUT2D eigenvalue weighted by Gasteiger charge is 2.16. The average Bonchev–Trinajstić information content (AvgIpc) is 2.56. The maximum absolute atomic E-state index is 10.9.